The molecule has 1 aliphatic carbocycles. The maximum atomic E-state index is 13.0. The number of aliphatic hydroxyl groups excluding tert-OH is 2. The first-order chi connectivity index (χ1) is 16.7. The number of rotatable bonds is 12. The van der Waals surface area contributed by atoms with Gasteiger partial charge in [-0.05, 0) is 54.9 Å². The van der Waals surface area contributed by atoms with E-state index in [1.54, 1.807) is 14.2 Å². The minimum Gasteiger partial charge on any atom is -0.493 e. The third-order valence-electron chi connectivity index (χ3n) is 6.66. The Kier molecular flexibility index (Phi) is 8.74. The summed E-state index contributed by atoms with van der Waals surface area (Å²) < 4.78 is 15.9. The lowest BCUT2D eigenvalue weighted by Gasteiger charge is -2.28. The van der Waals surface area contributed by atoms with Crippen molar-refractivity contribution in [2.24, 2.45) is 11.8 Å². The average Bonchev–Trinajstić information content (AvgIpc) is 3.65. The number of aliphatic hydroxyl groups is 2. The lowest BCUT2D eigenvalue weighted by Crippen LogP contribution is -2.56. The largest absolute Gasteiger partial charge is 0.493 e. The zero-order valence-electron chi connectivity index (χ0n) is 20.8. The summed E-state index contributed by atoms with van der Waals surface area (Å²) in [5, 5.41) is 24.6. The van der Waals surface area contributed by atoms with Crippen molar-refractivity contribution in [3.63, 3.8) is 0 Å². The van der Waals surface area contributed by atoms with E-state index in [9.17, 15) is 24.6 Å². The normalized spacial score (nSPS) is 22.5. The molecule has 4 atom stereocenters. The van der Waals surface area contributed by atoms with Gasteiger partial charge in [0.2, 0.25) is 11.8 Å². The standard InChI is InChI=1S/C25H36N2O8/c1-14(2)7-18(22(30)25(12-29)13-35-25)26-24(32)19(11-28)27-23(31)16-6-5-15-9-20(33-3)21(34-4)10-17(15)8-16/h9-10,14,16,18-19,28-29H,5-8,11-13H2,1-4H3,(H,26,32)(H,27,31)/t16?,18?,19-,25?/m0/s1. The molecular weight excluding hydrogens is 456 g/mol. The number of epoxide rings is 1. The van der Waals surface area contributed by atoms with Gasteiger partial charge in [-0.3, -0.25) is 14.4 Å². The van der Waals surface area contributed by atoms with Gasteiger partial charge in [0.15, 0.2) is 22.9 Å². The Morgan fingerprint density at radius 2 is 1.71 bits per heavy atom. The van der Waals surface area contributed by atoms with Crippen LogP contribution in [0.25, 0.3) is 0 Å². The quantitative estimate of drug-likeness (QED) is 0.302. The molecule has 0 saturated carbocycles. The molecule has 3 unspecified atom stereocenters. The fourth-order valence-electron chi connectivity index (χ4n) is 4.48. The fourth-order valence-corrected chi connectivity index (χ4v) is 4.48. The number of amides is 2. The van der Waals surface area contributed by atoms with Gasteiger partial charge in [-0.1, -0.05) is 13.8 Å². The number of ether oxygens (including phenoxy) is 3. The van der Waals surface area contributed by atoms with Crippen molar-refractivity contribution in [1.29, 1.82) is 0 Å². The summed E-state index contributed by atoms with van der Waals surface area (Å²) in [5.74, 6) is -0.484. The number of fused-ring (bicyclic) bond motifs is 1. The van der Waals surface area contributed by atoms with Crippen molar-refractivity contribution in [3.05, 3.63) is 23.3 Å². The Bertz CT molecular complexity index is 944. The monoisotopic (exact) mass is 492 g/mol. The van der Waals surface area contributed by atoms with Crippen molar-refractivity contribution in [2.75, 3.05) is 34.0 Å². The van der Waals surface area contributed by atoms with Gasteiger partial charge in [0.25, 0.3) is 0 Å². The Labute approximate surface area is 205 Å². The van der Waals surface area contributed by atoms with E-state index in [0.29, 0.717) is 37.2 Å². The molecule has 3 rings (SSSR count). The lowest BCUT2D eigenvalue weighted by molar-refractivity contribution is -0.135. The van der Waals surface area contributed by atoms with Gasteiger partial charge in [0.05, 0.1) is 40.1 Å². The first-order valence-electron chi connectivity index (χ1n) is 11.9. The molecule has 35 heavy (non-hydrogen) atoms. The summed E-state index contributed by atoms with van der Waals surface area (Å²) in [6.45, 7) is 2.84. The van der Waals surface area contributed by atoms with Crippen LogP contribution in [0, 0.1) is 11.8 Å². The van der Waals surface area contributed by atoms with Crippen LogP contribution >= 0.6 is 0 Å². The van der Waals surface area contributed by atoms with Crippen LogP contribution < -0.4 is 20.1 Å². The van der Waals surface area contributed by atoms with E-state index in [0.717, 1.165) is 11.1 Å². The van der Waals surface area contributed by atoms with Crippen LogP contribution in [-0.4, -0.2) is 79.5 Å². The Morgan fingerprint density at radius 1 is 1.09 bits per heavy atom. The lowest BCUT2D eigenvalue weighted by atomic mass is 9.83. The summed E-state index contributed by atoms with van der Waals surface area (Å²) in [7, 11) is 3.13. The van der Waals surface area contributed by atoms with Crippen LogP contribution in [0.15, 0.2) is 12.1 Å². The molecule has 10 nitrogen and oxygen atoms in total. The molecule has 0 bridgehead atoms. The molecule has 1 saturated heterocycles. The van der Waals surface area contributed by atoms with E-state index in [2.05, 4.69) is 10.6 Å². The highest BCUT2D eigenvalue weighted by Crippen LogP contribution is 2.35. The van der Waals surface area contributed by atoms with E-state index >= 15 is 0 Å². The second-order valence-electron chi connectivity index (χ2n) is 9.66. The van der Waals surface area contributed by atoms with Crippen LogP contribution in [0.2, 0.25) is 0 Å². The molecule has 1 aromatic carbocycles. The van der Waals surface area contributed by atoms with Gasteiger partial charge in [0.1, 0.15) is 6.04 Å². The number of Topliss-reactive ketones (excluding diaryl/α,β-unsaturated/α-hetero) is 1. The van der Waals surface area contributed by atoms with Crippen molar-refractivity contribution < 1.29 is 38.8 Å². The first kappa shape index (κ1) is 26.9. The molecule has 1 heterocycles. The van der Waals surface area contributed by atoms with E-state index in [4.69, 9.17) is 14.2 Å². The Balaban J connectivity index is 1.65. The SMILES string of the molecule is COc1cc2c(cc1OC)CC(C(=O)N[C@@H](CO)C(=O)NC(CC(C)C)C(=O)C1(CO)CO1)CC2. The maximum absolute atomic E-state index is 13.0. The average molecular weight is 493 g/mol. The van der Waals surface area contributed by atoms with E-state index in [-0.39, 0.29) is 24.3 Å². The van der Waals surface area contributed by atoms with Crippen molar-refractivity contribution in [1.82, 2.24) is 10.6 Å². The second kappa shape index (κ2) is 11.4. The number of aryl methyl sites for hydroxylation is 1. The smallest absolute Gasteiger partial charge is 0.245 e. The highest BCUT2D eigenvalue weighted by atomic mass is 16.6. The van der Waals surface area contributed by atoms with Crippen LogP contribution in [0.3, 0.4) is 0 Å². The van der Waals surface area contributed by atoms with Crippen LogP contribution in [0.4, 0.5) is 0 Å². The predicted octanol–water partition coefficient (Wildman–Crippen LogP) is 0.147. The molecule has 1 aromatic rings. The van der Waals surface area contributed by atoms with Gasteiger partial charge < -0.3 is 35.1 Å². The van der Waals surface area contributed by atoms with Crippen LogP contribution in [0.5, 0.6) is 11.5 Å². The predicted molar refractivity (Wildman–Crippen MR) is 126 cm³/mol. The summed E-state index contributed by atoms with van der Waals surface area (Å²) in [6.07, 6.45) is 2.05. The van der Waals surface area contributed by atoms with Crippen molar-refractivity contribution in [2.45, 2.75) is 57.2 Å². The van der Waals surface area contributed by atoms with Gasteiger partial charge in [-0.2, -0.15) is 0 Å². The number of methoxy groups -OCH3 is 2. The van der Waals surface area contributed by atoms with Gasteiger partial charge in [0, 0.05) is 5.92 Å². The molecule has 0 aromatic heterocycles. The zero-order chi connectivity index (χ0) is 25.8. The summed E-state index contributed by atoms with van der Waals surface area (Å²) in [5.41, 5.74) is 0.781. The molecular formula is C25H36N2O8. The number of benzene rings is 1. The number of hydrogen-bond donors (Lipinski definition) is 4. The van der Waals surface area contributed by atoms with Crippen LogP contribution in [0.1, 0.15) is 37.8 Å². The molecule has 2 aliphatic rings. The van der Waals surface area contributed by atoms with E-state index in [1.165, 1.54) is 0 Å². The highest BCUT2D eigenvalue weighted by Gasteiger charge is 2.54. The molecule has 1 fully saturated rings. The number of nitrogens with one attached hydrogen (secondary N) is 2. The van der Waals surface area contributed by atoms with Gasteiger partial charge in [-0.15, -0.1) is 0 Å². The van der Waals surface area contributed by atoms with Crippen molar-refractivity contribution >= 4 is 17.6 Å². The number of ketones is 1. The molecule has 194 valence electrons. The number of carbonyl (C=O) groups is 3. The minimum absolute atomic E-state index is 0.0823. The Morgan fingerprint density at radius 3 is 2.23 bits per heavy atom. The summed E-state index contributed by atoms with van der Waals surface area (Å²) in [6, 6.07) is 1.68. The molecule has 1 aliphatic heterocycles. The van der Waals surface area contributed by atoms with Gasteiger partial charge in [-0.25, -0.2) is 0 Å². The minimum atomic E-state index is -1.27. The molecule has 4 N–H and O–H groups in total. The summed E-state index contributed by atoms with van der Waals surface area (Å²) >= 11 is 0. The number of carbonyl (C=O) groups excluding carboxylic acids is 3. The second-order valence-corrected chi connectivity index (χ2v) is 9.66. The first-order valence-corrected chi connectivity index (χ1v) is 11.9. The topological polar surface area (TPSA) is 147 Å². The summed E-state index contributed by atoms with van der Waals surface area (Å²) in [4.78, 5) is 38.8. The third-order valence-corrected chi connectivity index (χ3v) is 6.66. The van der Waals surface area contributed by atoms with E-state index in [1.807, 2.05) is 26.0 Å². The van der Waals surface area contributed by atoms with Crippen molar-refractivity contribution in [3.8, 4) is 11.5 Å². The molecule has 2 amide bonds. The molecule has 10 heteroatoms. The number of hydrogen-bond acceptors (Lipinski definition) is 8. The molecule has 0 spiro atoms. The van der Waals surface area contributed by atoms with Crippen LogP contribution in [-0.2, 0) is 32.0 Å². The van der Waals surface area contributed by atoms with Gasteiger partial charge >= 0.3 is 0 Å². The third kappa shape index (κ3) is 6.12. The van der Waals surface area contributed by atoms with E-state index < -0.39 is 42.6 Å². The highest BCUT2D eigenvalue weighted by molar-refractivity contribution is 5.98. The Hall–Kier alpha value is -2.69. The molecule has 0 radical (unpaired) electrons. The fraction of sp³-hybridized carbons (Fsp3) is 0.640. The zero-order valence-corrected chi connectivity index (χ0v) is 20.8. The maximum Gasteiger partial charge on any atom is 0.245 e.